The molecule has 1 rings (SSSR count). The summed E-state index contributed by atoms with van der Waals surface area (Å²) < 4.78 is 13.9. The highest BCUT2D eigenvalue weighted by Crippen LogP contribution is 2.34. The van der Waals surface area contributed by atoms with Gasteiger partial charge in [0.15, 0.2) is 0 Å². The van der Waals surface area contributed by atoms with Gasteiger partial charge in [0.2, 0.25) is 0 Å². The van der Waals surface area contributed by atoms with E-state index >= 15 is 0 Å². The van der Waals surface area contributed by atoms with E-state index in [1.165, 1.54) is 12.1 Å². The van der Waals surface area contributed by atoms with E-state index in [4.69, 9.17) is 5.73 Å². The Labute approximate surface area is 105 Å². The van der Waals surface area contributed by atoms with Gasteiger partial charge >= 0.3 is 0 Å². The van der Waals surface area contributed by atoms with Gasteiger partial charge in [-0.1, -0.05) is 36.7 Å². The molecule has 1 atom stereocenters. The molecule has 0 aliphatic carbocycles. The summed E-state index contributed by atoms with van der Waals surface area (Å²) in [7, 11) is 0. The SMILES string of the molecule is CC(C)(C)[C@@H](N)c1cc(F)ccc1Br.Cl. The van der Waals surface area contributed by atoms with Crippen LogP contribution < -0.4 is 5.73 Å². The van der Waals surface area contributed by atoms with Crippen molar-refractivity contribution in [3.8, 4) is 0 Å². The summed E-state index contributed by atoms with van der Waals surface area (Å²) >= 11 is 3.38. The van der Waals surface area contributed by atoms with Crippen LogP contribution in [0.15, 0.2) is 22.7 Å². The molecule has 0 unspecified atom stereocenters. The summed E-state index contributed by atoms with van der Waals surface area (Å²) in [5.41, 5.74) is 6.79. The quantitative estimate of drug-likeness (QED) is 0.831. The largest absolute Gasteiger partial charge is 0.323 e. The molecule has 2 N–H and O–H groups in total. The van der Waals surface area contributed by atoms with Gasteiger partial charge in [0.25, 0.3) is 0 Å². The fourth-order valence-corrected chi connectivity index (χ4v) is 1.71. The first-order valence-electron chi connectivity index (χ1n) is 4.53. The lowest BCUT2D eigenvalue weighted by Crippen LogP contribution is -2.26. The molecule has 0 aliphatic rings. The summed E-state index contributed by atoms with van der Waals surface area (Å²) in [5.74, 6) is -0.247. The minimum Gasteiger partial charge on any atom is -0.323 e. The van der Waals surface area contributed by atoms with Gasteiger partial charge in [-0.2, -0.15) is 0 Å². The molecule has 1 aromatic rings. The summed E-state index contributed by atoms with van der Waals surface area (Å²) in [6.07, 6.45) is 0. The van der Waals surface area contributed by atoms with Gasteiger partial charge in [-0.25, -0.2) is 4.39 Å². The first-order valence-corrected chi connectivity index (χ1v) is 5.32. The highest BCUT2D eigenvalue weighted by molar-refractivity contribution is 9.10. The molecule has 0 aromatic heterocycles. The maximum absolute atomic E-state index is 13.0. The molecule has 1 aromatic carbocycles. The predicted molar refractivity (Wildman–Crippen MR) is 67.7 cm³/mol. The number of nitrogens with two attached hydrogens (primary N) is 1. The van der Waals surface area contributed by atoms with Gasteiger partial charge in [0.1, 0.15) is 5.82 Å². The molecule has 1 nitrogen and oxygen atoms in total. The molecule has 0 saturated carbocycles. The van der Waals surface area contributed by atoms with Crippen LogP contribution in [-0.4, -0.2) is 0 Å². The Bertz CT molecular complexity index is 336. The van der Waals surface area contributed by atoms with E-state index in [9.17, 15) is 4.39 Å². The Morgan fingerprint density at radius 1 is 1.33 bits per heavy atom. The van der Waals surface area contributed by atoms with E-state index in [2.05, 4.69) is 15.9 Å². The van der Waals surface area contributed by atoms with Gasteiger partial charge in [-0.05, 0) is 29.2 Å². The predicted octanol–water partition coefficient (Wildman–Crippen LogP) is 4.06. The molecule has 15 heavy (non-hydrogen) atoms. The van der Waals surface area contributed by atoms with Crippen LogP contribution in [0.4, 0.5) is 4.39 Å². The van der Waals surface area contributed by atoms with E-state index in [-0.39, 0.29) is 29.7 Å². The zero-order valence-electron chi connectivity index (χ0n) is 9.05. The summed E-state index contributed by atoms with van der Waals surface area (Å²) in [5, 5.41) is 0. The maximum Gasteiger partial charge on any atom is 0.123 e. The fraction of sp³-hybridized carbons (Fsp3) is 0.455. The Morgan fingerprint density at radius 3 is 2.33 bits per heavy atom. The number of halogens is 3. The monoisotopic (exact) mass is 295 g/mol. The topological polar surface area (TPSA) is 26.0 Å². The summed E-state index contributed by atoms with van der Waals surface area (Å²) in [4.78, 5) is 0. The number of benzene rings is 1. The zero-order chi connectivity index (χ0) is 10.9. The van der Waals surface area contributed by atoms with E-state index in [0.717, 1.165) is 10.0 Å². The zero-order valence-corrected chi connectivity index (χ0v) is 11.5. The van der Waals surface area contributed by atoms with Crippen LogP contribution in [0.5, 0.6) is 0 Å². The first kappa shape index (κ1) is 14.9. The molecule has 0 radical (unpaired) electrons. The van der Waals surface area contributed by atoms with Crippen molar-refractivity contribution in [2.45, 2.75) is 26.8 Å². The Morgan fingerprint density at radius 2 is 1.87 bits per heavy atom. The average Bonchev–Trinajstić information content (AvgIpc) is 2.06. The molecule has 4 heteroatoms. The second-order valence-electron chi connectivity index (χ2n) is 4.51. The number of rotatable bonds is 1. The molecule has 0 fully saturated rings. The van der Waals surface area contributed by atoms with Crippen molar-refractivity contribution in [2.24, 2.45) is 11.1 Å². The highest BCUT2D eigenvalue weighted by atomic mass is 79.9. The highest BCUT2D eigenvalue weighted by Gasteiger charge is 2.24. The summed E-state index contributed by atoms with van der Waals surface area (Å²) in [6, 6.07) is 4.42. The van der Waals surface area contributed by atoms with Crippen molar-refractivity contribution >= 4 is 28.3 Å². The van der Waals surface area contributed by atoms with Crippen molar-refractivity contribution < 1.29 is 4.39 Å². The molecular weight excluding hydrogens is 280 g/mol. The third-order valence-electron chi connectivity index (χ3n) is 2.23. The van der Waals surface area contributed by atoms with Crippen molar-refractivity contribution in [1.82, 2.24) is 0 Å². The van der Waals surface area contributed by atoms with E-state index in [0.29, 0.717) is 0 Å². The normalized spacial score (nSPS) is 13.2. The maximum atomic E-state index is 13.0. The second-order valence-corrected chi connectivity index (χ2v) is 5.36. The molecule has 0 bridgehead atoms. The van der Waals surface area contributed by atoms with Gasteiger partial charge in [0, 0.05) is 10.5 Å². The minimum absolute atomic E-state index is 0. The Kier molecular flexibility index (Phi) is 5.24. The summed E-state index contributed by atoms with van der Waals surface area (Å²) in [6.45, 7) is 6.11. The lowest BCUT2D eigenvalue weighted by atomic mass is 9.83. The van der Waals surface area contributed by atoms with Crippen LogP contribution in [0.25, 0.3) is 0 Å². The lowest BCUT2D eigenvalue weighted by Gasteiger charge is -2.28. The van der Waals surface area contributed by atoms with E-state index in [1.54, 1.807) is 6.07 Å². The van der Waals surface area contributed by atoms with Crippen molar-refractivity contribution in [3.63, 3.8) is 0 Å². The van der Waals surface area contributed by atoms with Crippen LogP contribution in [0.2, 0.25) is 0 Å². The van der Waals surface area contributed by atoms with Crippen molar-refractivity contribution in [2.75, 3.05) is 0 Å². The smallest absolute Gasteiger partial charge is 0.123 e. The third-order valence-corrected chi connectivity index (χ3v) is 2.95. The molecule has 0 aliphatic heterocycles. The van der Waals surface area contributed by atoms with E-state index < -0.39 is 0 Å². The molecule has 0 spiro atoms. The Balaban J connectivity index is 0.00000196. The van der Waals surface area contributed by atoms with Gasteiger partial charge in [-0.3, -0.25) is 0 Å². The van der Waals surface area contributed by atoms with Crippen LogP contribution in [0, 0.1) is 11.2 Å². The third kappa shape index (κ3) is 3.74. The van der Waals surface area contributed by atoms with Crippen LogP contribution >= 0.6 is 28.3 Å². The first-order chi connectivity index (χ1) is 6.32. The second kappa shape index (κ2) is 5.28. The standard InChI is InChI=1S/C11H15BrFN.ClH/c1-11(2,3)10(14)8-6-7(13)4-5-9(8)12;/h4-6,10H,14H2,1-3H3;1H/t10-;/m0./s1. The van der Waals surface area contributed by atoms with Gasteiger partial charge in [0.05, 0.1) is 0 Å². The van der Waals surface area contributed by atoms with Crippen LogP contribution in [-0.2, 0) is 0 Å². The Hall–Kier alpha value is -0.120. The molecule has 0 heterocycles. The average molecular weight is 297 g/mol. The van der Waals surface area contributed by atoms with Crippen molar-refractivity contribution in [1.29, 1.82) is 0 Å². The molecule has 86 valence electrons. The van der Waals surface area contributed by atoms with Crippen LogP contribution in [0.3, 0.4) is 0 Å². The minimum atomic E-state index is -0.247. The van der Waals surface area contributed by atoms with E-state index in [1.807, 2.05) is 20.8 Å². The molecule has 0 saturated heterocycles. The fourth-order valence-electron chi connectivity index (χ4n) is 1.22. The van der Waals surface area contributed by atoms with Crippen molar-refractivity contribution in [3.05, 3.63) is 34.1 Å². The number of hydrogen-bond acceptors (Lipinski definition) is 1. The molecule has 0 amide bonds. The molecular formula is C11H16BrClFN. The number of hydrogen-bond donors (Lipinski definition) is 1. The lowest BCUT2D eigenvalue weighted by molar-refractivity contribution is 0.325. The van der Waals surface area contributed by atoms with Crippen LogP contribution in [0.1, 0.15) is 32.4 Å². The van der Waals surface area contributed by atoms with Gasteiger partial charge in [-0.15, -0.1) is 12.4 Å². The van der Waals surface area contributed by atoms with Gasteiger partial charge < -0.3 is 5.73 Å².